The number of esters is 2. The summed E-state index contributed by atoms with van der Waals surface area (Å²) in [5, 5.41) is 28.8. The predicted octanol–water partition coefficient (Wildman–Crippen LogP) is 5.01. The average Bonchev–Trinajstić information content (AvgIpc) is 3.04. The Labute approximate surface area is 256 Å². The van der Waals surface area contributed by atoms with Gasteiger partial charge in [-0.1, -0.05) is 81.5 Å². The highest BCUT2D eigenvalue weighted by atomic mass is 16.7. The van der Waals surface area contributed by atoms with E-state index in [2.05, 4.69) is 44.3 Å². The van der Waals surface area contributed by atoms with Gasteiger partial charge in [-0.05, 0) is 29.5 Å². The van der Waals surface area contributed by atoms with Crippen LogP contribution in [0.15, 0.2) is 91.0 Å². The molecule has 234 valence electrons. The molecule has 10 nitrogen and oxygen atoms in total. The van der Waals surface area contributed by atoms with Crippen molar-refractivity contribution in [3.8, 4) is 28.4 Å². The van der Waals surface area contributed by atoms with Gasteiger partial charge in [0.15, 0.2) is 0 Å². The molecule has 3 rings (SSSR count). The molecule has 0 aliphatic carbocycles. The van der Waals surface area contributed by atoms with E-state index < -0.39 is 45.0 Å². The lowest BCUT2D eigenvalue weighted by Gasteiger charge is -2.17. The fourth-order valence-corrected chi connectivity index (χ4v) is 3.90. The zero-order valence-electron chi connectivity index (χ0n) is 24.7. The standard InChI is InChI=1S/C34H38O10/c1-4-5-6-7-25-8-10-26(11-9-25)27-12-14-28(15-13-27)34(39)44-31-17-29(40-21-42-32(37)23(2)19-35)16-30(18-31)41-22-43-33(38)24(3)20-36/h8-18,34-36,39H,2-7,19-22H2,1H3. The first-order valence-corrected chi connectivity index (χ1v) is 14.1. The molecule has 0 amide bonds. The van der Waals surface area contributed by atoms with Gasteiger partial charge < -0.3 is 39.0 Å². The zero-order chi connectivity index (χ0) is 31.9. The molecule has 0 aliphatic heterocycles. The van der Waals surface area contributed by atoms with Crippen LogP contribution >= 0.6 is 0 Å². The van der Waals surface area contributed by atoms with E-state index in [0.29, 0.717) is 5.56 Å². The Bertz CT molecular complexity index is 1340. The molecule has 0 heterocycles. The highest BCUT2D eigenvalue weighted by Crippen LogP contribution is 2.31. The number of carbonyl (C=O) groups excluding carboxylic acids is 2. The number of aliphatic hydroxyl groups is 3. The fraction of sp³-hybridized carbons (Fsp3) is 0.294. The van der Waals surface area contributed by atoms with Gasteiger partial charge in [-0.3, -0.25) is 0 Å². The Balaban J connectivity index is 1.69. The van der Waals surface area contributed by atoms with Crippen LogP contribution in [0.25, 0.3) is 11.1 Å². The van der Waals surface area contributed by atoms with Crippen molar-refractivity contribution in [1.29, 1.82) is 0 Å². The molecule has 0 saturated heterocycles. The molecular weight excluding hydrogens is 568 g/mol. The fourth-order valence-electron chi connectivity index (χ4n) is 3.90. The molecule has 3 N–H and O–H groups in total. The van der Waals surface area contributed by atoms with Crippen molar-refractivity contribution in [1.82, 2.24) is 0 Å². The van der Waals surface area contributed by atoms with Gasteiger partial charge in [0.2, 0.25) is 19.9 Å². The molecule has 0 aromatic heterocycles. The number of hydrogen-bond acceptors (Lipinski definition) is 10. The topological polar surface area (TPSA) is 141 Å². The Kier molecular flexibility index (Phi) is 13.4. The maximum absolute atomic E-state index is 11.7. The van der Waals surface area contributed by atoms with Gasteiger partial charge in [0.1, 0.15) is 17.2 Å². The maximum atomic E-state index is 11.7. The largest absolute Gasteiger partial charge is 0.461 e. The number of rotatable bonds is 18. The summed E-state index contributed by atoms with van der Waals surface area (Å²) in [6, 6.07) is 20.0. The van der Waals surface area contributed by atoms with Gasteiger partial charge in [0.25, 0.3) is 0 Å². The van der Waals surface area contributed by atoms with Crippen LogP contribution in [0, 0.1) is 0 Å². The van der Waals surface area contributed by atoms with Crippen molar-refractivity contribution < 1.29 is 48.6 Å². The monoisotopic (exact) mass is 606 g/mol. The third kappa shape index (κ3) is 10.6. The Hall–Kier alpha value is -4.64. The number of carbonyl (C=O) groups is 2. The van der Waals surface area contributed by atoms with Crippen molar-refractivity contribution in [3.63, 3.8) is 0 Å². The smallest absolute Gasteiger partial charge is 0.338 e. The van der Waals surface area contributed by atoms with E-state index in [1.807, 2.05) is 12.1 Å². The van der Waals surface area contributed by atoms with E-state index in [1.165, 1.54) is 43.0 Å². The molecule has 0 saturated carbocycles. The van der Waals surface area contributed by atoms with Crippen molar-refractivity contribution in [2.45, 2.75) is 38.9 Å². The van der Waals surface area contributed by atoms with Crippen molar-refractivity contribution in [2.75, 3.05) is 26.8 Å². The Morgan fingerprint density at radius 2 is 1.20 bits per heavy atom. The molecule has 0 spiro atoms. The number of benzene rings is 3. The van der Waals surface area contributed by atoms with Crippen LogP contribution in [-0.4, -0.2) is 54.1 Å². The summed E-state index contributed by atoms with van der Waals surface area (Å²) in [5.41, 5.74) is 3.56. The van der Waals surface area contributed by atoms with Crippen molar-refractivity contribution in [3.05, 3.63) is 102 Å². The maximum Gasteiger partial charge on any atom is 0.338 e. The van der Waals surface area contributed by atoms with Crippen molar-refractivity contribution >= 4 is 11.9 Å². The van der Waals surface area contributed by atoms with Crippen LogP contribution in [0.4, 0.5) is 0 Å². The quantitative estimate of drug-likeness (QED) is 0.0783. The molecule has 10 heteroatoms. The van der Waals surface area contributed by atoms with E-state index in [1.54, 1.807) is 12.1 Å². The molecule has 1 atom stereocenters. The number of unbranched alkanes of at least 4 members (excludes halogenated alkanes) is 2. The minimum absolute atomic E-state index is 0.130. The minimum Gasteiger partial charge on any atom is -0.461 e. The normalized spacial score (nSPS) is 11.3. The first-order chi connectivity index (χ1) is 21.2. The van der Waals surface area contributed by atoms with Gasteiger partial charge in [-0.15, -0.1) is 0 Å². The van der Waals surface area contributed by atoms with E-state index in [9.17, 15) is 14.7 Å². The summed E-state index contributed by atoms with van der Waals surface area (Å²) in [4.78, 5) is 23.5. The van der Waals surface area contributed by atoms with Crippen molar-refractivity contribution in [2.24, 2.45) is 0 Å². The van der Waals surface area contributed by atoms with Crippen LogP contribution in [0.1, 0.15) is 43.6 Å². The molecular formula is C34H38O10. The molecule has 1 unspecified atom stereocenters. The van der Waals surface area contributed by atoms with Crippen LogP contribution in [0.2, 0.25) is 0 Å². The van der Waals surface area contributed by atoms with E-state index >= 15 is 0 Å². The molecule has 0 aliphatic rings. The highest BCUT2D eigenvalue weighted by molar-refractivity contribution is 5.88. The third-order valence-electron chi connectivity index (χ3n) is 6.44. The van der Waals surface area contributed by atoms with Crippen LogP contribution in [0.5, 0.6) is 17.2 Å². The zero-order valence-corrected chi connectivity index (χ0v) is 24.7. The first kappa shape index (κ1) is 33.9. The SMILES string of the molecule is C=C(CO)C(=O)OCOc1cc(OCOC(=O)C(=C)CO)cc(OC(O)c2ccc(-c3ccc(CCCCC)cc3)cc2)c1. The molecule has 3 aromatic rings. The first-order valence-electron chi connectivity index (χ1n) is 14.1. The summed E-state index contributed by atoms with van der Waals surface area (Å²) in [6.45, 7) is 6.79. The second kappa shape index (κ2) is 17.5. The predicted molar refractivity (Wildman–Crippen MR) is 163 cm³/mol. The van der Waals surface area contributed by atoms with E-state index in [4.69, 9.17) is 33.9 Å². The summed E-state index contributed by atoms with van der Waals surface area (Å²) in [7, 11) is 0. The Morgan fingerprint density at radius 1 is 0.727 bits per heavy atom. The number of aryl methyl sites for hydroxylation is 1. The van der Waals surface area contributed by atoms with Gasteiger partial charge in [0, 0.05) is 23.8 Å². The summed E-state index contributed by atoms with van der Waals surface area (Å²) in [5.74, 6) is -1.29. The highest BCUT2D eigenvalue weighted by Gasteiger charge is 2.14. The molecule has 0 radical (unpaired) electrons. The minimum atomic E-state index is -1.36. The van der Waals surface area contributed by atoms with Crippen LogP contribution in [-0.2, 0) is 25.5 Å². The van der Waals surface area contributed by atoms with Gasteiger partial charge in [-0.25, -0.2) is 9.59 Å². The van der Waals surface area contributed by atoms with Crippen LogP contribution in [0.3, 0.4) is 0 Å². The lowest BCUT2D eigenvalue weighted by atomic mass is 10.0. The summed E-state index contributed by atoms with van der Waals surface area (Å²) >= 11 is 0. The van der Waals surface area contributed by atoms with Gasteiger partial charge >= 0.3 is 11.9 Å². The summed E-state index contributed by atoms with van der Waals surface area (Å²) in [6.07, 6.45) is 3.28. The molecule has 44 heavy (non-hydrogen) atoms. The number of hydrogen-bond donors (Lipinski definition) is 3. The number of aliphatic hydroxyl groups excluding tert-OH is 3. The van der Waals surface area contributed by atoms with Crippen LogP contribution < -0.4 is 14.2 Å². The average molecular weight is 607 g/mol. The summed E-state index contributed by atoms with van der Waals surface area (Å²) < 4.78 is 26.5. The molecule has 0 fully saturated rings. The second-order valence-electron chi connectivity index (χ2n) is 9.80. The second-order valence-corrected chi connectivity index (χ2v) is 9.80. The van der Waals surface area contributed by atoms with E-state index in [0.717, 1.165) is 17.5 Å². The molecule has 0 bridgehead atoms. The lowest BCUT2D eigenvalue weighted by molar-refractivity contribution is -0.146. The van der Waals surface area contributed by atoms with Gasteiger partial charge in [0.05, 0.1) is 24.4 Å². The lowest BCUT2D eigenvalue weighted by Crippen LogP contribution is -2.15. The Morgan fingerprint density at radius 3 is 1.68 bits per heavy atom. The molecule has 3 aromatic carbocycles. The number of ether oxygens (including phenoxy) is 5. The van der Waals surface area contributed by atoms with Gasteiger partial charge in [-0.2, -0.15) is 0 Å². The third-order valence-corrected chi connectivity index (χ3v) is 6.44. The van der Waals surface area contributed by atoms with E-state index in [-0.39, 0.29) is 28.4 Å².